The van der Waals surface area contributed by atoms with Gasteiger partial charge in [-0.2, -0.15) is 0 Å². The van der Waals surface area contributed by atoms with Gasteiger partial charge in [0.05, 0.1) is 10.7 Å². The molecule has 0 saturated heterocycles. The Hall–Kier alpha value is -2.53. The van der Waals surface area contributed by atoms with Crippen molar-refractivity contribution < 1.29 is 4.39 Å². The maximum atomic E-state index is 13.2. The predicted molar refractivity (Wildman–Crippen MR) is 84.7 cm³/mol. The van der Waals surface area contributed by atoms with E-state index in [-0.39, 0.29) is 5.02 Å². The van der Waals surface area contributed by atoms with E-state index in [1.807, 2.05) is 19.1 Å². The zero-order valence-corrected chi connectivity index (χ0v) is 12.5. The lowest BCUT2D eigenvalue weighted by Gasteiger charge is -2.09. The quantitative estimate of drug-likeness (QED) is 0.779. The van der Waals surface area contributed by atoms with Gasteiger partial charge in [-0.05, 0) is 37.3 Å². The van der Waals surface area contributed by atoms with Gasteiger partial charge >= 0.3 is 0 Å². The average molecular weight is 315 g/mol. The van der Waals surface area contributed by atoms with Crippen molar-refractivity contribution in [1.29, 1.82) is 0 Å². The fourth-order valence-electron chi connectivity index (χ4n) is 2.02. The van der Waals surface area contributed by atoms with E-state index in [0.717, 1.165) is 11.3 Å². The first kappa shape index (κ1) is 14.4. The number of hydrogen-bond donors (Lipinski definition) is 1. The molecule has 110 valence electrons. The number of anilines is 2. The molecular weight excluding hydrogens is 303 g/mol. The number of halogens is 2. The van der Waals surface area contributed by atoms with Gasteiger partial charge < -0.3 is 5.32 Å². The molecule has 0 fully saturated rings. The summed E-state index contributed by atoms with van der Waals surface area (Å²) in [7, 11) is 0. The van der Waals surface area contributed by atoms with Crippen LogP contribution in [0, 0.1) is 12.7 Å². The van der Waals surface area contributed by atoms with Crippen LogP contribution in [-0.4, -0.2) is 15.0 Å². The summed E-state index contributed by atoms with van der Waals surface area (Å²) in [6.45, 7) is 1.81. The fourth-order valence-corrected chi connectivity index (χ4v) is 2.20. The van der Waals surface area contributed by atoms with Crippen molar-refractivity contribution in [3.05, 3.63) is 65.5 Å². The molecule has 0 aliphatic heterocycles. The van der Waals surface area contributed by atoms with E-state index in [1.54, 1.807) is 24.5 Å². The Morgan fingerprint density at radius 2 is 2.00 bits per heavy atom. The van der Waals surface area contributed by atoms with Crippen LogP contribution in [0.1, 0.15) is 5.82 Å². The maximum Gasteiger partial charge on any atom is 0.141 e. The molecule has 3 rings (SSSR count). The van der Waals surface area contributed by atoms with E-state index >= 15 is 0 Å². The summed E-state index contributed by atoms with van der Waals surface area (Å²) in [4.78, 5) is 12.8. The standard InChI is InChI=1S/C16H12ClFN4/c1-10-20-15(11-3-2-6-19-9-11)8-16(21-10)22-12-4-5-14(18)13(17)7-12/h2-9H,1H3,(H,20,21,22). The molecule has 0 spiro atoms. The van der Waals surface area contributed by atoms with E-state index in [2.05, 4.69) is 20.3 Å². The van der Waals surface area contributed by atoms with Crippen molar-refractivity contribution in [2.75, 3.05) is 5.32 Å². The Balaban J connectivity index is 1.94. The van der Waals surface area contributed by atoms with E-state index < -0.39 is 5.82 Å². The minimum atomic E-state index is -0.456. The molecule has 0 radical (unpaired) electrons. The zero-order chi connectivity index (χ0) is 15.5. The molecule has 6 heteroatoms. The van der Waals surface area contributed by atoms with Crippen molar-refractivity contribution in [2.24, 2.45) is 0 Å². The normalized spacial score (nSPS) is 10.5. The topological polar surface area (TPSA) is 50.7 Å². The van der Waals surface area contributed by atoms with Crippen LogP contribution in [0.3, 0.4) is 0 Å². The van der Waals surface area contributed by atoms with Crippen molar-refractivity contribution in [1.82, 2.24) is 15.0 Å². The number of aryl methyl sites for hydroxylation is 1. The van der Waals surface area contributed by atoms with Crippen LogP contribution in [-0.2, 0) is 0 Å². The Bertz CT molecular complexity index is 808. The molecule has 2 heterocycles. The third-order valence-corrected chi connectivity index (χ3v) is 3.28. The minimum Gasteiger partial charge on any atom is -0.340 e. The number of nitrogens with one attached hydrogen (secondary N) is 1. The smallest absolute Gasteiger partial charge is 0.141 e. The highest BCUT2D eigenvalue weighted by Crippen LogP contribution is 2.24. The van der Waals surface area contributed by atoms with Gasteiger partial charge in [-0.25, -0.2) is 14.4 Å². The van der Waals surface area contributed by atoms with Gasteiger partial charge in [0.2, 0.25) is 0 Å². The Morgan fingerprint density at radius 3 is 2.73 bits per heavy atom. The van der Waals surface area contributed by atoms with Gasteiger partial charge in [-0.15, -0.1) is 0 Å². The fraction of sp³-hybridized carbons (Fsp3) is 0.0625. The number of rotatable bonds is 3. The molecule has 1 N–H and O–H groups in total. The van der Waals surface area contributed by atoms with Gasteiger partial charge in [0.25, 0.3) is 0 Å². The van der Waals surface area contributed by atoms with Gasteiger partial charge in [0.1, 0.15) is 17.5 Å². The summed E-state index contributed by atoms with van der Waals surface area (Å²) in [6, 6.07) is 10.00. The SMILES string of the molecule is Cc1nc(Nc2ccc(F)c(Cl)c2)cc(-c2cccnc2)n1. The molecule has 3 aromatic rings. The van der Waals surface area contributed by atoms with Crippen molar-refractivity contribution in [3.63, 3.8) is 0 Å². The van der Waals surface area contributed by atoms with Crippen molar-refractivity contribution in [2.45, 2.75) is 6.92 Å². The van der Waals surface area contributed by atoms with Crippen molar-refractivity contribution >= 4 is 23.1 Å². The highest BCUT2D eigenvalue weighted by molar-refractivity contribution is 6.31. The number of aromatic nitrogens is 3. The Morgan fingerprint density at radius 1 is 1.14 bits per heavy atom. The number of benzene rings is 1. The number of hydrogen-bond acceptors (Lipinski definition) is 4. The molecule has 22 heavy (non-hydrogen) atoms. The lowest BCUT2D eigenvalue weighted by atomic mass is 10.2. The van der Waals surface area contributed by atoms with Crippen LogP contribution in [0.5, 0.6) is 0 Å². The molecule has 4 nitrogen and oxygen atoms in total. The second kappa shape index (κ2) is 6.07. The first-order valence-electron chi connectivity index (χ1n) is 6.60. The lowest BCUT2D eigenvalue weighted by molar-refractivity contribution is 0.628. The van der Waals surface area contributed by atoms with Crippen LogP contribution in [0.2, 0.25) is 5.02 Å². The van der Waals surface area contributed by atoms with E-state index in [9.17, 15) is 4.39 Å². The van der Waals surface area contributed by atoms with E-state index in [1.165, 1.54) is 12.1 Å². The Kier molecular flexibility index (Phi) is 3.98. The Labute approximate surface area is 132 Å². The van der Waals surface area contributed by atoms with Crippen LogP contribution in [0.15, 0.2) is 48.8 Å². The maximum absolute atomic E-state index is 13.2. The molecule has 0 atom stereocenters. The van der Waals surface area contributed by atoms with Gasteiger partial charge in [-0.3, -0.25) is 4.98 Å². The van der Waals surface area contributed by atoms with E-state index in [0.29, 0.717) is 17.3 Å². The third kappa shape index (κ3) is 3.20. The third-order valence-electron chi connectivity index (χ3n) is 2.99. The molecule has 0 amide bonds. The summed E-state index contributed by atoms with van der Waals surface area (Å²) in [5.74, 6) is 0.772. The molecule has 0 bridgehead atoms. The van der Waals surface area contributed by atoms with E-state index in [4.69, 9.17) is 11.6 Å². The minimum absolute atomic E-state index is 0.0586. The molecule has 1 aromatic carbocycles. The summed E-state index contributed by atoms with van der Waals surface area (Å²) in [5.41, 5.74) is 2.31. The zero-order valence-electron chi connectivity index (χ0n) is 11.7. The molecule has 0 aliphatic rings. The van der Waals surface area contributed by atoms with Crippen LogP contribution in [0.4, 0.5) is 15.9 Å². The van der Waals surface area contributed by atoms with Crippen LogP contribution >= 0.6 is 11.6 Å². The monoisotopic (exact) mass is 314 g/mol. The number of pyridine rings is 1. The second-order valence-electron chi connectivity index (χ2n) is 4.68. The van der Waals surface area contributed by atoms with Crippen molar-refractivity contribution in [3.8, 4) is 11.3 Å². The summed E-state index contributed by atoms with van der Waals surface area (Å²) in [6.07, 6.45) is 3.44. The average Bonchev–Trinajstić information content (AvgIpc) is 2.51. The highest BCUT2D eigenvalue weighted by Gasteiger charge is 2.06. The lowest BCUT2D eigenvalue weighted by Crippen LogP contribution is -1.99. The molecule has 0 saturated carbocycles. The van der Waals surface area contributed by atoms with Gasteiger partial charge in [0.15, 0.2) is 0 Å². The first-order valence-corrected chi connectivity index (χ1v) is 6.98. The molecule has 2 aromatic heterocycles. The summed E-state index contributed by atoms with van der Waals surface area (Å²) < 4.78 is 13.2. The van der Waals surface area contributed by atoms with Crippen LogP contribution < -0.4 is 5.32 Å². The molecule has 0 unspecified atom stereocenters. The van der Waals surface area contributed by atoms with Gasteiger partial charge in [0, 0.05) is 29.7 Å². The molecular formula is C16H12ClFN4. The summed E-state index contributed by atoms with van der Waals surface area (Å²) >= 11 is 5.78. The second-order valence-corrected chi connectivity index (χ2v) is 5.09. The highest BCUT2D eigenvalue weighted by atomic mass is 35.5. The number of nitrogens with zero attached hydrogens (tertiary/aromatic N) is 3. The largest absolute Gasteiger partial charge is 0.340 e. The predicted octanol–water partition coefficient (Wildman–Crippen LogP) is 4.38. The first-order chi connectivity index (χ1) is 10.6. The molecule has 0 aliphatic carbocycles. The van der Waals surface area contributed by atoms with Crippen LogP contribution in [0.25, 0.3) is 11.3 Å². The van der Waals surface area contributed by atoms with Gasteiger partial charge in [-0.1, -0.05) is 11.6 Å². The summed E-state index contributed by atoms with van der Waals surface area (Å²) in [5, 5.41) is 3.16.